The molecule has 1 aromatic rings. The highest BCUT2D eigenvalue weighted by molar-refractivity contribution is 5.94. The molecule has 2 N–H and O–H groups in total. The van der Waals surface area contributed by atoms with Gasteiger partial charge in [-0.1, -0.05) is 6.07 Å². The number of aliphatic hydroxyl groups excluding tert-OH is 1. The Morgan fingerprint density at radius 1 is 1.37 bits per heavy atom. The highest BCUT2D eigenvalue weighted by atomic mass is 16.5. The zero-order valence-corrected chi connectivity index (χ0v) is 11.1. The van der Waals surface area contributed by atoms with Crippen molar-refractivity contribution < 1.29 is 14.6 Å². The van der Waals surface area contributed by atoms with Crippen LogP contribution in [0.15, 0.2) is 24.3 Å². The third-order valence-electron chi connectivity index (χ3n) is 3.32. The van der Waals surface area contributed by atoms with Gasteiger partial charge in [-0.3, -0.25) is 4.79 Å². The van der Waals surface area contributed by atoms with Crippen molar-refractivity contribution >= 4 is 5.91 Å². The van der Waals surface area contributed by atoms with Gasteiger partial charge in [0.15, 0.2) is 0 Å². The Labute approximate surface area is 113 Å². The van der Waals surface area contributed by atoms with E-state index in [1.54, 1.807) is 12.1 Å². The molecule has 0 radical (unpaired) electrons. The lowest BCUT2D eigenvalue weighted by Gasteiger charge is -2.13. The summed E-state index contributed by atoms with van der Waals surface area (Å²) >= 11 is 0. The Balaban J connectivity index is 1.91. The second-order valence-corrected chi connectivity index (χ2v) is 4.89. The molecule has 1 aliphatic rings. The number of amides is 1. The molecule has 0 aliphatic heterocycles. The molecule has 1 amide bonds. The first-order valence-electron chi connectivity index (χ1n) is 6.95. The maximum atomic E-state index is 11.9. The van der Waals surface area contributed by atoms with Crippen molar-refractivity contribution in [2.75, 3.05) is 13.2 Å². The second kappa shape index (κ2) is 7.14. The van der Waals surface area contributed by atoms with Crippen LogP contribution >= 0.6 is 0 Å². The first-order valence-corrected chi connectivity index (χ1v) is 6.95. The summed E-state index contributed by atoms with van der Waals surface area (Å²) in [6, 6.07) is 7.29. The van der Waals surface area contributed by atoms with Gasteiger partial charge in [-0.15, -0.1) is 0 Å². The topological polar surface area (TPSA) is 58.6 Å². The zero-order valence-electron chi connectivity index (χ0n) is 11.1. The van der Waals surface area contributed by atoms with E-state index in [0.717, 1.165) is 18.6 Å². The molecule has 0 unspecified atom stereocenters. The summed E-state index contributed by atoms with van der Waals surface area (Å²) < 4.78 is 5.87. The van der Waals surface area contributed by atoms with Crippen LogP contribution in [0.4, 0.5) is 0 Å². The largest absolute Gasteiger partial charge is 0.490 e. The SMILES string of the molecule is O=C(NCCCO)c1cccc(OC2CCCC2)c1. The average Bonchev–Trinajstić information content (AvgIpc) is 2.92. The third kappa shape index (κ3) is 4.24. The van der Waals surface area contributed by atoms with Crippen LogP contribution in [0.25, 0.3) is 0 Å². The van der Waals surface area contributed by atoms with Gasteiger partial charge in [0, 0.05) is 18.7 Å². The number of benzene rings is 1. The Kier molecular flexibility index (Phi) is 5.21. The number of carbonyl (C=O) groups excluding carboxylic acids is 1. The van der Waals surface area contributed by atoms with Gasteiger partial charge in [-0.2, -0.15) is 0 Å². The molecule has 0 bridgehead atoms. The summed E-state index contributed by atoms with van der Waals surface area (Å²) in [7, 11) is 0. The average molecular weight is 263 g/mol. The molecule has 0 aromatic heterocycles. The Bertz CT molecular complexity index is 414. The molecule has 2 rings (SSSR count). The van der Waals surface area contributed by atoms with Crippen molar-refractivity contribution in [2.45, 2.75) is 38.2 Å². The summed E-state index contributed by atoms with van der Waals surface area (Å²) in [5.41, 5.74) is 0.605. The molecule has 19 heavy (non-hydrogen) atoms. The van der Waals surface area contributed by atoms with Gasteiger partial charge < -0.3 is 15.2 Å². The fourth-order valence-electron chi connectivity index (χ4n) is 2.29. The van der Waals surface area contributed by atoms with E-state index in [1.807, 2.05) is 12.1 Å². The van der Waals surface area contributed by atoms with Gasteiger partial charge >= 0.3 is 0 Å². The van der Waals surface area contributed by atoms with Crippen LogP contribution in [-0.4, -0.2) is 30.3 Å². The molecular formula is C15H21NO3. The van der Waals surface area contributed by atoms with Crippen LogP contribution in [0.5, 0.6) is 5.75 Å². The molecule has 4 nitrogen and oxygen atoms in total. The van der Waals surface area contributed by atoms with E-state index in [2.05, 4.69) is 5.32 Å². The molecule has 4 heteroatoms. The third-order valence-corrected chi connectivity index (χ3v) is 3.32. The van der Waals surface area contributed by atoms with Crippen LogP contribution in [0.2, 0.25) is 0 Å². The Morgan fingerprint density at radius 2 is 2.16 bits per heavy atom. The van der Waals surface area contributed by atoms with Crippen LogP contribution in [0.1, 0.15) is 42.5 Å². The number of aliphatic hydroxyl groups is 1. The predicted molar refractivity (Wildman–Crippen MR) is 73.4 cm³/mol. The minimum atomic E-state index is -0.120. The summed E-state index contributed by atoms with van der Waals surface area (Å²) in [5, 5.41) is 11.4. The molecule has 1 aliphatic carbocycles. The number of hydrogen-bond acceptors (Lipinski definition) is 3. The quantitative estimate of drug-likeness (QED) is 0.773. The first-order chi connectivity index (χ1) is 9.29. The van der Waals surface area contributed by atoms with E-state index in [9.17, 15) is 4.79 Å². The molecule has 0 spiro atoms. The molecule has 1 saturated carbocycles. The number of rotatable bonds is 6. The Hall–Kier alpha value is -1.55. The van der Waals surface area contributed by atoms with Gasteiger partial charge in [-0.05, 0) is 50.3 Å². The van der Waals surface area contributed by atoms with E-state index in [0.29, 0.717) is 24.6 Å². The normalized spacial score (nSPS) is 15.4. The lowest BCUT2D eigenvalue weighted by atomic mass is 10.2. The Morgan fingerprint density at radius 3 is 2.89 bits per heavy atom. The highest BCUT2D eigenvalue weighted by Gasteiger charge is 2.16. The minimum Gasteiger partial charge on any atom is -0.490 e. The molecular weight excluding hydrogens is 242 g/mol. The molecule has 1 fully saturated rings. The number of ether oxygens (including phenoxy) is 1. The van der Waals surface area contributed by atoms with E-state index >= 15 is 0 Å². The minimum absolute atomic E-state index is 0.0884. The summed E-state index contributed by atoms with van der Waals surface area (Å²) in [5.74, 6) is 0.645. The van der Waals surface area contributed by atoms with Crippen LogP contribution < -0.4 is 10.1 Å². The van der Waals surface area contributed by atoms with Crippen molar-refractivity contribution in [3.8, 4) is 5.75 Å². The van der Waals surface area contributed by atoms with Crippen molar-refractivity contribution in [3.05, 3.63) is 29.8 Å². The van der Waals surface area contributed by atoms with Gasteiger partial charge in [0.1, 0.15) is 5.75 Å². The molecule has 0 heterocycles. The van der Waals surface area contributed by atoms with Crippen molar-refractivity contribution in [3.63, 3.8) is 0 Å². The van der Waals surface area contributed by atoms with Gasteiger partial charge in [-0.25, -0.2) is 0 Å². The molecule has 1 aromatic carbocycles. The monoisotopic (exact) mass is 263 g/mol. The molecule has 0 saturated heterocycles. The predicted octanol–water partition coefficient (Wildman–Crippen LogP) is 2.12. The number of hydrogen-bond donors (Lipinski definition) is 2. The van der Waals surface area contributed by atoms with E-state index in [-0.39, 0.29) is 12.5 Å². The van der Waals surface area contributed by atoms with Crippen LogP contribution in [0, 0.1) is 0 Å². The van der Waals surface area contributed by atoms with Gasteiger partial charge in [0.25, 0.3) is 5.91 Å². The van der Waals surface area contributed by atoms with Crippen LogP contribution in [-0.2, 0) is 0 Å². The number of carbonyl (C=O) groups is 1. The lowest BCUT2D eigenvalue weighted by Crippen LogP contribution is -2.25. The van der Waals surface area contributed by atoms with Crippen molar-refractivity contribution in [1.82, 2.24) is 5.32 Å². The van der Waals surface area contributed by atoms with Crippen LogP contribution in [0.3, 0.4) is 0 Å². The smallest absolute Gasteiger partial charge is 0.251 e. The summed E-state index contributed by atoms with van der Waals surface area (Å²) in [4.78, 5) is 11.9. The summed E-state index contributed by atoms with van der Waals surface area (Å²) in [6.45, 7) is 0.578. The van der Waals surface area contributed by atoms with E-state index < -0.39 is 0 Å². The summed E-state index contributed by atoms with van der Waals surface area (Å²) in [6.07, 6.45) is 5.54. The molecule has 0 atom stereocenters. The zero-order chi connectivity index (χ0) is 13.5. The van der Waals surface area contributed by atoms with E-state index in [1.165, 1.54) is 12.8 Å². The van der Waals surface area contributed by atoms with Gasteiger partial charge in [0.2, 0.25) is 0 Å². The molecule has 104 valence electrons. The standard InChI is InChI=1S/C15H21NO3/c17-10-4-9-16-15(18)12-5-3-8-14(11-12)19-13-6-1-2-7-13/h3,5,8,11,13,17H,1-2,4,6-7,9-10H2,(H,16,18). The van der Waals surface area contributed by atoms with Crippen molar-refractivity contribution in [2.24, 2.45) is 0 Å². The lowest BCUT2D eigenvalue weighted by molar-refractivity contribution is 0.0950. The fourth-order valence-corrected chi connectivity index (χ4v) is 2.29. The number of nitrogens with one attached hydrogen (secondary N) is 1. The second-order valence-electron chi connectivity index (χ2n) is 4.89. The van der Waals surface area contributed by atoms with E-state index in [4.69, 9.17) is 9.84 Å². The maximum Gasteiger partial charge on any atom is 0.251 e. The highest BCUT2D eigenvalue weighted by Crippen LogP contribution is 2.24. The maximum absolute atomic E-state index is 11.9. The van der Waals surface area contributed by atoms with Gasteiger partial charge in [0.05, 0.1) is 6.10 Å². The first kappa shape index (κ1) is 13.9. The fraction of sp³-hybridized carbons (Fsp3) is 0.533. The van der Waals surface area contributed by atoms with Crippen molar-refractivity contribution in [1.29, 1.82) is 0 Å².